The Hall–Kier alpha value is -3.69. The topological polar surface area (TPSA) is 99.0 Å². The summed E-state index contributed by atoms with van der Waals surface area (Å²) in [6, 6.07) is 18.5. The van der Waals surface area contributed by atoms with E-state index in [2.05, 4.69) is 5.10 Å². The summed E-state index contributed by atoms with van der Waals surface area (Å²) in [4.78, 5) is 43.7. The van der Waals surface area contributed by atoms with Crippen LogP contribution in [0, 0.1) is 0 Å². The van der Waals surface area contributed by atoms with E-state index in [-0.39, 0.29) is 5.02 Å². The zero-order chi connectivity index (χ0) is 26.0. The normalized spacial score (nSPS) is 17.5. The lowest BCUT2D eigenvalue weighted by molar-refractivity contribution is -0.154. The van der Waals surface area contributed by atoms with Gasteiger partial charge >= 0.3 is 11.8 Å². The number of nitrogens with zero attached hydrogens (tertiary/aromatic N) is 5. The van der Waals surface area contributed by atoms with Crippen molar-refractivity contribution >= 4 is 29.1 Å². The van der Waals surface area contributed by atoms with Crippen molar-refractivity contribution in [2.24, 2.45) is 0 Å². The number of para-hydroxylation sites is 1. The highest BCUT2D eigenvalue weighted by Gasteiger charge is 2.38. The van der Waals surface area contributed by atoms with Gasteiger partial charge in [-0.15, -0.1) is 0 Å². The summed E-state index contributed by atoms with van der Waals surface area (Å²) in [7, 11) is 0. The summed E-state index contributed by atoms with van der Waals surface area (Å²) in [5.41, 5.74) is 0.548. The van der Waals surface area contributed by atoms with Gasteiger partial charge in [-0.2, -0.15) is 9.78 Å². The van der Waals surface area contributed by atoms with Gasteiger partial charge in [0.25, 0.3) is 5.56 Å². The maximum absolute atomic E-state index is 13.0. The summed E-state index contributed by atoms with van der Waals surface area (Å²) >= 11 is 6.42. The molecule has 10 heteroatoms. The summed E-state index contributed by atoms with van der Waals surface area (Å²) in [6.45, 7) is 2.12. The van der Waals surface area contributed by atoms with Crippen LogP contribution in [0.25, 0.3) is 5.69 Å². The van der Waals surface area contributed by atoms with Gasteiger partial charge in [0.05, 0.1) is 23.2 Å². The third-order valence-corrected chi connectivity index (χ3v) is 7.54. The van der Waals surface area contributed by atoms with Crippen LogP contribution in [0.15, 0.2) is 71.7 Å². The van der Waals surface area contributed by atoms with Crippen molar-refractivity contribution in [1.29, 1.82) is 0 Å². The highest BCUT2D eigenvalue weighted by Crippen LogP contribution is 2.32. The zero-order valence-electron chi connectivity index (χ0n) is 20.3. The van der Waals surface area contributed by atoms with Crippen molar-refractivity contribution in [2.45, 2.75) is 18.4 Å². The highest BCUT2D eigenvalue weighted by atomic mass is 35.5. The highest BCUT2D eigenvalue weighted by molar-refractivity contribution is 6.35. The quantitative estimate of drug-likeness (QED) is 0.530. The third kappa shape index (κ3) is 4.97. The molecular weight excluding hydrogens is 494 g/mol. The van der Waals surface area contributed by atoms with E-state index in [4.69, 9.17) is 11.6 Å². The van der Waals surface area contributed by atoms with Crippen LogP contribution in [-0.2, 0) is 15.2 Å². The van der Waals surface area contributed by atoms with Gasteiger partial charge < -0.3 is 19.8 Å². The van der Waals surface area contributed by atoms with E-state index in [9.17, 15) is 19.5 Å². The number of carbonyl (C=O) groups excluding carboxylic acids is 2. The second-order valence-corrected chi connectivity index (χ2v) is 9.74. The number of aromatic nitrogens is 2. The molecule has 0 aliphatic carbocycles. The largest absolute Gasteiger partial charge is 0.385 e. The number of aliphatic hydroxyl groups is 1. The van der Waals surface area contributed by atoms with Crippen LogP contribution < -0.4 is 10.5 Å². The standard InChI is InChI=1S/C27H28ClN5O4/c28-23-22(19-29-33(24(23)34)21-9-5-2-6-10-21)30-15-17-32(18-16-30)26(36)25(35)31-13-11-27(37,12-14-31)20-7-3-1-4-8-20/h1-10,19,37H,11-18H2. The Labute approximate surface area is 219 Å². The number of hydrogen-bond acceptors (Lipinski definition) is 6. The van der Waals surface area contributed by atoms with Gasteiger partial charge in [0.1, 0.15) is 5.02 Å². The Bertz CT molecular complexity index is 1330. The van der Waals surface area contributed by atoms with Crippen LogP contribution in [0.3, 0.4) is 0 Å². The Morgan fingerprint density at radius 3 is 1.95 bits per heavy atom. The Morgan fingerprint density at radius 2 is 1.35 bits per heavy atom. The summed E-state index contributed by atoms with van der Waals surface area (Å²) in [5.74, 6) is -1.10. The van der Waals surface area contributed by atoms with E-state index in [1.807, 2.05) is 53.4 Å². The number of amides is 2. The van der Waals surface area contributed by atoms with Gasteiger partial charge in [-0.1, -0.05) is 60.1 Å². The van der Waals surface area contributed by atoms with Gasteiger partial charge in [-0.05, 0) is 30.5 Å². The minimum absolute atomic E-state index is 0.0638. The lowest BCUT2D eigenvalue weighted by atomic mass is 9.84. The van der Waals surface area contributed by atoms with Crippen molar-refractivity contribution in [3.63, 3.8) is 0 Å². The molecule has 2 aromatic carbocycles. The van der Waals surface area contributed by atoms with Crippen molar-refractivity contribution in [3.05, 3.63) is 87.8 Å². The van der Waals surface area contributed by atoms with E-state index in [1.165, 1.54) is 14.5 Å². The molecule has 2 aliphatic heterocycles. The number of benzene rings is 2. The maximum atomic E-state index is 13.0. The zero-order valence-corrected chi connectivity index (χ0v) is 21.0. The predicted octanol–water partition coefficient (Wildman–Crippen LogP) is 2.04. The molecule has 5 rings (SSSR count). The van der Waals surface area contributed by atoms with Gasteiger partial charge in [0.2, 0.25) is 0 Å². The number of likely N-dealkylation sites (tertiary alicyclic amines) is 1. The van der Waals surface area contributed by atoms with Crippen LogP contribution in [0.1, 0.15) is 18.4 Å². The van der Waals surface area contributed by atoms with Crippen molar-refractivity contribution < 1.29 is 14.7 Å². The fourth-order valence-electron chi connectivity index (χ4n) is 4.94. The van der Waals surface area contributed by atoms with E-state index in [0.717, 1.165) is 5.56 Å². The summed E-state index contributed by atoms with van der Waals surface area (Å²) < 4.78 is 1.25. The second-order valence-electron chi connectivity index (χ2n) is 9.37. The average Bonchev–Trinajstić information content (AvgIpc) is 2.95. The second kappa shape index (κ2) is 10.4. The van der Waals surface area contributed by atoms with Gasteiger partial charge in [-0.3, -0.25) is 14.4 Å². The monoisotopic (exact) mass is 521 g/mol. The Kier molecular flexibility index (Phi) is 6.99. The average molecular weight is 522 g/mol. The molecule has 3 heterocycles. The summed E-state index contributed by atoms with van der Waals surface area (Å²) in [5, 5.41) is 15.4. The first-order valence-corrected chi connectivity index (χ1v) is 12.7. The molecule has 0 saturated carbocycles. The number of piperidine rings is 1. The van der Waals surface area contributed by atoms with E-state index < -0.39 is 23.0 Å². The molecule has 0 unspecified atom stereocenters. The van der Waals surface area contributed by atoms with E-state index >= 15 is 0 Å². The first-order chi connectivity index (χ1) is 17.9. The molecule has 3 aromatic rings. The van der Waals surface area contributed by atoms with Crippen LogP contribution >= 0.6 is 11.6 Å². The lowest BCUT2D eigenvalue weighted by Crippen LogP contribution is -2.55. The smallest absolute Gasteiger partial charge is 0.312 e. The number of anilines is 1. The molecule has 0 bridgehead atoms. The minimum atomic E-state index is -0.991. The first-order valence-electron chi connectivity index (χ1n) is 12.3. The minimum Gasteiger partial charge on any atom is -0.385 e. The molecule has 1 aromatic heterocycles. The lowest BCUT2D eigenvalue weighted by Gasteiger charge is -2.40. The SMILES string of the molecule is O=C(C(=O)N1CCC(O)(c2ccccc2)CC1)N1CCN(c2cnn(-c3ccccc3)c(=O)c2Cl)CC1. The fourth-order valence-corrected chi connectivity index (χ4v) is 5.18. The van der Waals surface area contributed by atoms with Crippen LogP contribution in [0.5, 0.6) is 0 Å². The molecule has 192 valence electrons. The van der Waals surface area contributed by atoms with Gasteiger partial charge in [0, 0.05) is 39.3 Å². The third-order valence-electron chi connectivity index (χ3n) is 7.18. The number of rotatable bonds is 3. The molecule has 0 spiro atoms. The van der Waals surface area contributed by atoms with Gasteiger partial charge in [0.15, 0.2) is 0 Å². The fraction of sp³-hybridized carbons (Fsp3) is 0.333. The molecule has 2 aliphatic rings. The van der Waals surface area contributed by atoms with Crippen LogP contribution in [-0.4, -0.2) is 75.8 Å². The maximum Gasteiger partial charge on any atom is 0.312 e. The molecule has 37 heavy (non-hydrogen) atoms. The van der Waals surface area contributed by atoms with Gasteiger partial charge in [-0.25, -0.2) is 0 Å². The number of hydrogen-bond donors (Lipinski definition) is 1. The molecule has 0 radical (unpaired) electrons. The van der Waals surface area contributed by atoms with Crippen LogP contribution in [0.2, 0.25) is 5.02 Å². The Balaban J connectivity index is 1.19. The van der Waals surface area contributed by atoms with Crippen molar-refractivity contribution in [1.82, 2.24) is 19.6 Å². The number of piperazine rings is 1. The predicted molar refractivity (Wildman–Crippen MR) is 140 cm³/mol. The summed E-state index contributed by atoms with van der Waals surface area (Å²) in [6.07, 6.45) is 2.31. The number of carbonyl (C=O) groups is 2. The number of halogens is 1. The molecule has 2 amide bonds. The molecule has 9 nitrogen and oxygen atoms in total. The molecular formula is C27H28ClN5O4. The first kappa shape index (κ1) is 25.0. The van der Waals surface area contributed by atoms with E-state index in [0.29, 0.717) is 63.5 Å². The molecule has 2 fully saturated rings. The van der Waals surface area contributed by atoms with Crippen molar-refractivity contribution in [3.8, 4) is 5.69 Å². The molecule has 1 N–H and O–H groups in total. The molecule has 0 atom stereocenters. The Morgan fingerprint density at radius 1 is 0.811 bits per heavy atom. The van der Waals surface area contributed by atoms with Crippen molar-refractivity contribution in [2.75, 3.05) is 44.2 Å². The molecule has 2 saturated heterocycles. The van der Waals surface area contributed by atoms with E-state index in [1.54, 1.807) is 18.3 Å². The van der Waals surface area contributed by atoms with Crippen LogP contribution in [0.4, 0.5) is 5.69 Å².